The zero-order valence-corrected chi connectivity index (χ0v) is 10.6. The first-order chi connectivity index (χ1) is 8.15. The van der Waals surface area contributed by atoms with Crippen LogP contribution in [0.15, 0.2) is 36.4 Å². The van der Waals surface area contributed by atoms with Crippen LogP contribution >= 0.6 is 11.6 Å². The molecule has 0 saturated heterocycles. The van der Waals surface area contributed by atoms with Crippen molar-refractivity contribution in [1.29, 1.82) is 0 Å². The second kappa shape index (κ2) is 5.15. The summed E-state index contributed by atoms with van der Waals surface area (Å²) in [5.74, 6) is 1.42. The lowest BCUT2D eigenvalue weighted by Crippen LogP contribution is -2.08. The van der Waals surface area contributed by atoms with Gasteiger partial charge in [-0.3, -0.25) is 0 Å². The van der Waals surface area contributed by atoms with Crippen molar-refractivity contribution >= 4 is 17.4 Å². The van der Waals surface area contributed by atoms with E-state index in [0.29, 0.717) is 11.0 Å². The summed E-state index contributed by atoms with van der Waals surface area (Å²) >= 11 is 5.89. The van der Waals surface area contributed by atoms with E-state index in [-0.39, 0.29) is 6.04 Å². The minimum Gasteiger partial charge on any atom is -0.363 e. The zero-order valence-electron chi connectivity index (χ0n) is 9.81. The number of anilines is 1. The fourth-order valence-corrected chi connectivity index (χ4v) is 1.88. The third-order valence-electron chi connectivity index (χ3n) is 2.47. The molecule has 2 aromatic rings. The Morgan fingerprint density at radius 2 is 1.88 bits per heavy atom. The van der Waals surface area contributed by atoms with Crippen LogP contribution in [0.1, 0.15) is 24.4 Å². The zero-order chi connectivity index (χ0) is 12.3. The molecule has 0 aliphatic carbocycles. The summed E-state index contributed by atoms with van der Waals surface area (Å²) in [7, 11) is 0. The predicted molar refractivity (Wildman–Crippen MR) is 70.3 cm³/mol. The highest BCUT2D eigenvalue weighted by molar-refractivity contribution is 6.29. The Hall–Kier alpha value is -1.61. The van der Waals surface area contributed by atoms with Crippen LogP contribution in [-0.4, -0.2) is 9.97 Å². The lowest BCUT2D eigenvalue weighted by atomic mass is 10.1. The first kappa shape index (κ1) is 11.9. The number of benzene rings is 1. The van der Waals surface area contributed by atoms with E-state index in [1.54, 1.807) is 6.07 Å². The molecular weight excluding hydrogens is 234 g/mol. The van der Waals surface area contributed by atoms with Gasteiger partial charge in [-0.1, -0.05) is 41.9 Å². The van der Waals surface area contributed by atoms with E-state index < -0.39 is 0 Å². The van der Waals surface area contributed by atoms with Crippen LogP contribution in [0, 0.1) is 6.92 Å². The Morgan fingerprint density at radius 1 is 1.18 bits per heavy atom. The average molecular weight is 248 g/mol. The summed E-state index contributed by atoms with van der Waals surface area (Å²) < 4.78 is 0. The minimum atomic E-state index is 0.182. The molecule has 1 aromatic heterocycles. The Labute approximate surface area is 106 Å². The fraction of sp³-hybridized carbons (Fsp3) is 0.231. The molecule has 3 nitrogen and oxygen atoms in total. The van der Waals surface area contributed by atoms with E-state index in [0.717, 1.165) is 5.82 Å². The molecule has 88 valence electrons. The molecule has 4 heteroatoms. The van der Waals surface area contributed by atoms with Gasteiger partial charge in [0.1, 0.15) is 16.8 Å². The van der Waals surface area contributed by atoms with Crippen molar-refractivity contribution in [2.45, 2.75) is 19.9 Å². The largest absolute Gasteiger partial charge is 0.363 e. The Balaban J connectivity index is 2.16. The van der Waals surface area contributed by atoms with Crippen molar-refractivity contribution in [3.63, 3.8) is 0 Å². The van der Waals surface area contributed by atoms with Crippen LogP contribution in [0.5, 0.6) is 0 Å². The third-order valence-corrected chi connectivity index (χ3v) is 2.66. The molecule has 1 atom stereocenters. The first-order valence-electron chi connectivity index (χ1n) is 5.48. The number of nitrogens with one attached hydrogen (secondary N) is 1. The highest BCUT2D eigenvalue weighted by atomic mass is 35.5. The van der Waals surface area contributed by atoms with Crippen molar-refractivity contribution in [3.05, 3.63) is 52.9 Å². The van der Waals surface area contributed by atoms with Crippen LogP contribution < -0.4 is 5.32 Å². The SMILES string of the molecule is Cc1nc(Cl)cc(N[C@@H](C)c2ccccc2)n1. The van der Waals surface area contributed by atoms with E-state index in [4.69, 9.17) is 11.6 Å². The van der Waals surface area contributed by atoms with Gasteiger partial charge in [0.15, 0.2) is 0 Å². The first-order valence-corrected chi connectivity index (χ1v) is 5.85. The summed E-state index contributed by atoms with van der Waals surface area (Å²) in [6, 6.07) is 12.1. The van der Waals surface area contributed by atoms with Crippen molar-refractivity contribution in [2.24, 2.45) is 0 Å². The van der Waals surface area contributed by atoms with E-state index >= 15 is 0 Å². The average Bonchev–Trinajstić information content (AvgIpc) is 2.28. The maximum Gasteiger partial charge on any atom is 0.134 e. The molecule has 0 radical (unpaired) electrons. The van der Waals surface area contributed by atoms with Gasteiger partial charge in [0.05, 0.1) is 0 Å². The van der Waals surface area contributed by atoms with Crippen LogP contribution in [0.25, 0.3) is 0 Å². The molecule has 1 aromatic carbocycles. The smallest absolute Gasteiger partial charge is 0.134 e. The van der Waals surface area contributed by atoms with Gasteiger partial charge >= 0.3 is 0 Å². The molecule has 0 amide bonds. The molecule has 0 aliphatic rings. The van der Waals surface area contributed by atoms with Gasteiger partial charge in [-0.15, -0.1) is 0 Å². The normalized spacial score (nSPS) is 12.2. The fourth-order valence-electron chi connectivity index (χ4n) is 1.65. The molecule has 0 saturated carbocycles. The van der Waals surface area contributed by atoms with Crippen LogP contribution in [-0.2, 0) is 0 Å². The third kappa shape index (κ3) is 3.17. The number of halogens is 1. The number of nitrogens with zero attached hydrogens (tertiary/aromatic N) is 2. The second-order valence-corrected chi connectivity index (χ2v) is 4.29. The summed E-state index contributed by atoms with van der Waals surface area (Å²) in [6.07, 6.45) is 0. The quantitative estimate of drug-likeness (QED) is 0.842. The van der Waals surface area contributed by atoms with Gasteiger partial charge in [0.2, 0.25) is 0 Å². The number of rotatable bonds is 3. The molecule has 0 bridgehead atoms. The highest BCUT2D eigenvalue weighted by Gasteiger charge is 2.06. The topological polar surface area (TPSA) is 37.8 Å². The Kier molecular flexibility index (Phi) is 3.59. The van der Waals surface area contributed by atoms with Crippen molar-refractivity contribution in [3.8, 4) is 0 Å². The standard InChI is InChI=1S/C13H14ClN3/c1-9(11-6-4-3-5-7-11)15-13-8-12(14)16-10(2)17-13/h3-9H,1-2H3,(H,15,16,17)/t9-/m0/s1. The van der Waals surface area contributed by atoms with Crippen LogP contribution in [0.3, 0.4) is 0 Å². The van der Waals surface area contributed by atoms with Crippen molar-refractivity contribution < 1.29 is 0 Å². The number of aromatic nitrogens is 2. The number of hydrogen-bond donors (Lipinski definition) is 1. The van der Waals surface area contributed by atoms with Gasteiger partial charge in [0, 0.05) is 12.1 Å². The molecule has 0 aliphatic heterocycles. The van der Waals surface area contributed by atoms with Crippen molar-refractivity contribution in [1.82, 2.24) is 9.97 Å². The lowest BCUT2D eigenvalue weighted by molar-refractivity contribution is 0.867. The molecule has 0 unspecified atom stereocenters. The summed E-state index contributed by atoms with van der Waals surface area (Å²) in [5, 5.41) is 3.76. The molecule has 0 spiro atoms. The van der Waals surface area contributed by atoms with E-state index in [2.05, 4.69) is 34.3 Å². The minimum absolute atomic E-state index is 0.182. The van der Waals surface area contributed by atoms with E-state index in [9.17, 15) is 0 Å². The number of aryl methyl sites for hydroxylation is 1. The Bertz CT molecular complexity index is 479. The number of hydrogen-bond acceptors (Lipinski definition) is 3. The Morgan fingerprint density at radius 3 is 2.53 bits per heavy atom. The molecular formula is C13H14ClN3. The summed E-state index contributed by atoms with van der Waals surface area (Å²) in [6.45, 7) is 3.91. The van der Waals surface area contributed by atoms with Crippen molar-refractivity contribution in [2.75, 3.05) is 5.32 Å². The predicted octanol–water partition coefficient (Wildman–Crippen LogP) is 3.61. The van der Waals surface area contributed by atoms with Gasteiger partial charge in [-0.25, -0.2) is 9.97 Å². The van der Waals surface area contributed by atoms with Crippen LogP contribution in [0.4, 0.5) is 5.82 Å². The van der Waals surface area contributed by atoms with Gasteiger partial charge in [-0.2, -0.15) is 0 Å². The molecule has 17 heavy (non-hydrogen) atoms. The summed E-state index contributed by atoms with van der Waals surface area (Å²) in [4.78, 5) is 8.32. The molecule has 1 heterocycles. The van der Waals surface area contributed by atoms with Gasteiger partial charge < -0.3 is 5.32 Å². The molecule has 2 rings (SSSR count). The second-order valence-electron chi connectivity index (χ2n) is 3.90. The van der Waals surface area contributed by atoms with E-state index in [1.165, 1.54) is 5.56 Å². The molecule has 0 fully saturated rings. The maximum atomic E-state index is 5.89. The molecule has 1 N–H and O–H groups in total. The van der Waals surface area contributed by atoms with E-state index in [1.807, 2.05) is 25.1 Å². The van der Waals surface area contributed by atoms with Crippen LogP contribution in [0.2, 0.25) is 5.15 Å². The maximum absolute atomic E-state index is 5.89. The van der Waals surface area contributed by atoms with Gasteiger partial charge in [-0.05, 0) is 19.4 Å². The highest BCUT2D eigenvalue weighted by Crippen LogP contribution is 2.19. The summed E-state index contributed by atoms with van der Waals surface area (Å²) in [5.41, 5.74) is 1.21. The lowest BCUT2D eigenvalue weighted by Gasteiger charge is -2.15. The van der Waals surface area contributed by atoms with Gasteiger partial charge in [0.25, 0.3) is 0 Å². The monoisotopic (exact) mass is 247 g/mol.